The third-order valence-corrected chi connectivity index (χ3v) is 6.48. The third kappa shape index (κ3) is 4.92. The highest BCUT2D eigenvalue weighted by Crippen LogP contribution is 2.41. The number of aromatic nitrogens is 3. The Balaban J connectivity index is 1.70. The maximum Gasteiger partial charge on any atom is 0.140 e. The highest BCUT2D eigenvalue weighted by Gasteiger charge is 2.27. The highest BCUT2D eigenvalue weighted by molar-refractivity contribution is 7.24. The van der Waals surface area contributed by atoms with E-state index in [0.29, 0.717) is 0 Å². The maximum absolute atomic E-state index is 6.34. The fourth-order valence-corrected chi connectivity index (χ4v) is 4.30. The lowest BCUT2D eigenvalue weighted by Crippen LogP contribution is -2.11. The van der Waals surface area contributed by atoms with Crippen molar-refractivity contribution in [2.45, 2.75) is 65.0 Å². The lowest BCUT2D eigenvalue weighted by atomic mass is 10.0. The van der Waals surface area contributed by atoms with E-state index in [-0.39, 0.29) is 6.10 Å². The van der Waals surface area contributed by atoms with Crippen LogP contribution in [-0.4, -0.2) is 14.8 Å². The first-order chi connectivity index (χ1) is 14.7. The Morgan fingerprint density at radius 1 is 1.30 bits per heavy atom. The molecule has 0 saturated heterocycles. The van der Waals surface area contributed by atoms with Crippen LogP contribution < -0.4 is 4.74 Å². The zero-order valence-electron chi connectivity index (χ0n) is 18.1. The Labute approximate surface area is 182 Å². The van der Waals surface area contributed by atoms with Gasteiger partial charge in [0.2, 0.25) is 0 Å². The summed E-state index contributed by atoms with van der Waals surface area (Å²) in [6.45, 7) is 5.25. The number of rotatable bonds is 7. The predicted octanol–water partition coefficient (Wildman–Crippen LogP) is 6.49. The molecule has 30 heavy (non-hydrogen) atoms. The first-order valence-electron chi connectivity index (χ1n) is 11.2. The summed E-state index contributed by atoms with van der Waals surface area (Å²) in [5, 5.41) is 6.23. The largest absolute Gasteiger partial charge is 0.483 e. The Morgan fingerprint density at radius 2 is 2.17 bits per heavy atom. The molecule has 0 spiro atoms. The molecule has 0 radical (unpaired) electrons. The number of pyridine rings is 1. The van der Waals surface area contributed by atoms with Crippen LogP contribution in [0.1, 0.15) is 69.9 Å². The van der Waals surface area contributed by atoms with Crippen molar-refractivity contribution >= 4 is 14.8 Å². The molecule has 1 saturated carbocycles. The van der Waals surface area contributed by atoms with Crippen molar-refractivity contribution in [3.63, 3.8) is 0 Å². The second kappa shape index (κ2) is 9.75. The molecule has 2 atom stereocenters. The zero-order chi connectivity index (χ0) is 20.9. The lowest BCUT2D eigenvalue weighted by Gasteiger charge is -2.17. The van der Waals surface area contributed by atoms with Gasteiger partial charge in [-0.05, 0) is 86.5 Å². The minimum atomic E-state index is 0.00634. The number of fused-ring (bicyclic) bond motifs is 1. The second-order valence-electron chi connectivity index (χ2n) is 8.16. The van der Waals surface area contributed by atoms with Crippen molar-refractivity contribution in [1.29, 1.82) is 0 Å². The number of ether oxygens (including phenoxy) is 1. The Kier molecular flexibility index (Phi) is 6.84. The highest BCUT2D eigenvalue weighted by atomic mass is 31.0. The van der Waals surface area contributed by atoms with Gasteiger partial charge >= 0.3 is 0 Å². The maximum atomic E-state index is 6.34. The van der Waals surface area contributed by atoms with Gasteiger partial charge in [-0.1, -0.05) is 19.1 Å². The minimum absolute atomic E-state index is 0.00634. The molecule has 1 aliphatic heterocycles. The SMILES string of the molecule is C\C=C(P)/C(=C\C(=C\CC)C1CC1)c1cc2n(n1)CCCCC2Oc1cccnc1. The Bertz CT molecular complexity index is 954. The van der Waals surface area contributed by atoms with E-state index < -0.39 is 0 Å². The molecule has 0 aromatic carbocycles. The molecule has 2 unspecified atom stereocenters. The van der Waals surface area contributed by atoms with Crippen molar-refractivity contribution in [2.24, 2.45) is 5.92 Å². The summed E-state index contributed by atoms with van der Waals surface area (Å²) in [6, 6.07) is 6.13. The molecular weight excluding hydrogens is 389 g/mol. The van der Waals surface area contributed by atoms with E-state index in [1.165, 1.54) is 35.0 Å². The quantitative estimate of drug-likeness (QED) is 0.379. The monoisotopic (exact) mass is 421 g/mol. The normalized spacial score (nSPS) is 20.6. The van der Waals surface area contributed by atoms with Crippen molar-refractivity contribution in [3.05, 3.63) is 71.1 Å². The third-order valence-electron chi connectivity index (χ3n) is 5.84. The summed E-state index contributed by atoms with van der Waals surface area (Å²) in [6.07, 6.45) is 17.4. The first-order valence-corrected chi connectivity index (χ1v) is 11.8. The van der Waals surface area contributed by atoms with Crippen LogP contribution >= 0.6 is 9.24 Å². The fourth-order valence-electron chi connectivity index (χ4n) is 4.06. The number of allylic oxidation sites excluding steroid dienone is 6. The number of nitrogens with zero attached hydrogens (tertiary/aromatic N) is 3. The standard InChI is InChI=1S/C25H32N3OP/c1-3-8-19(18-11-12-18)15-21(25(30)4-2)22-16-23-24(10-5-6-14-28(23)27-22)29-20-9-7-13-26-17-20/h4,7-9,13,15-18,24H,3,5-6,10-12,14,30H2,1-2H3/b19-8-,21-15-,25-4+. The van der Waals surface area contributed by atoms with E-state index in [0.717, 1.165) is 49.6 Å². The van der Waals surface area contributed by atoms with E-state index in [9.17, 15) is 0 Å². The van der Waals surface area contributed by atoms with Crippen molar-refractivity contribution < 1.29 is 4.74 Å². The molecule has 158 valence electrons. The van der Waals surface area contributed by atoms with Gasteiger partial charge in [0, 0.05) is 18.3 Å². The summed E-state index contributed by atoms with van der Waals surface area (Å²) in [5.74, 6) is 1.54. The van der Waals surface area contributed by atoms with E-state index in [4.69, 9.17) is 9.84 Å². The van der Waals surface area contributed by atoms with Crippen LogP contribution in [0.25, 0.3) is 5.57 Å². The Morgan fingerprint density at radius 3 is 2.87 bits per heavy atom. The van der Waals surface area contributed by atoms with Gasteiger partial charge in [0.15, 0.2) is 0 Å². The van der Waals surface area contributed by atoms with Crippen LogP contribution in [0.5, 0.6) is 5.75 Å². The summed E-state index contributed by atoms with van der Waals surface area (Å²) in [7, 11) is 2.90. The molecule has 0 bridgehead atoms. The molecule has 1 fully saturated rings. The molecule has 2 aliphatic rings. The average Bonchev–Trinajstić information content (AvgIpc) is 3.56. The molecule has 0 amide bonds. The van der Waals surface area contributed by atoms with Crippen LogP contribution in [0.2, 0.25) is 0 Å². The molecule has 2 aromatic rings. The zero-order valence-corrected chi connectivity index (χ0v) is 19.2. The Hall–Kier alpha value is -2.19. The van der Waals surface area contributed by atoms with Gasteiger partial charge in [-0.15, -0.1) is 9.24 Å². The summed E-state index contributed by atoms with van der Waals surface area (Å²) < 4.78 is 8.49. The molecule has 5 heteroatoms. The summed E-state index contributed by atoms with van der Waals surface area (Å²) in [4.78, 5) is 4.20. The first kappa shape index (κ1) is 21.1. The van der Waals surface area contributed by atoms with Crippen molar-refractivity contribution in [2.75, 3.05) is 0 Å². The number of aryl methyl sites for hydroxylation is 1. The van der Waals surface area contributed by atoms with E-state index in [1.54, 1.807) is 12.4 Å². The van der Waals surface area contributed by atoms with Gasteiger partial charge in [0.05, 0.1) is 17.6 Å². The smallest absolute Gasteiger partial charge is 0.140 e. The van der Waals surface area contributed by atoms with E-state index in [2.05, 4.69) is 57.0 Å². The molecular formula is C25H32N3OP. The van der Waals surface area contributed by atoms with E-state index in [1.807, 2.05) is 12.1 Å². The average molecular weight is 422 g/mol. The minimum Gasteiger partial charge on any atom is -0.483 e. The summed E-state index contributed by atoms with van der Waals surface area (Å²) in [5.41, 5.74) is 4.87. The van der Waals surface area contributed by atoms with Gasteiger partial charge in [-0.25, -0.2) is 0 Å². The second-order valence-corrected chi connectivity index (χ2v) is 8.78. The lowest BCUT2D eigenvalue weighted by molar-refractivity contribution is 0.187. The summed E-state index contributed by atoms with van der Waals surface area (Å²) >= 11 is 0. The molecule has 4 nitrogen and oxygen atoms in total. The van der Waals surface area contributed by atoms with Crippen LogP contribution in [0.15, 0.2) is 59.7 Å². The van der Waals surface area contributed by atoms with Crippen molar-refractivity contribution in [1.82, 2.24) is 14.8 Å². The number of hydrogen-bond donors (Lipinski definition) is 0. The molecule has 2 aromatic heterocycles. The molecule has 3 heterocycles. The van der Waals surface area contributed by atoms with Gasteiger partial charge < -0.3 is 4.74 Å². The molecule has 1 aliphatic carbocycles. The molecule has 0 N–H and O–H groups in total. The fraction of sp³-hybridized carbons (Fsp3) is 0.440. The van der Waals surface area contributed by atoms with Crippen LogP contribution in [0.4, 0.5) is 0 Å². The topological polar surface area (TPSA) is 39.9 Å². The van der Waals surface area contributed by atoms with Gasteiger partial charge in [0.25, 0.3) is 0 Å². The number of hydrogen-bond acceptors (Lipinski definition) is 3. The van der Waals surface area contributed by atoms with Gasteiger partial charge in [0.1, 0.15) is 11.9 Å². The van der Waals surface area contributed by atoms with Crippen LogP contribution in [0.3, 0.4) is 0 Å². The molecule has 4 rings (SSSR count). The van der Waals surface area contributed by atoms with Crippen LogP contribution in [-0.2, 0) is 6.54 Å². The van der Waals surface area contributed by atoms with E-state index >= 15 is 0 Å². The van der Waals surface area contributed by atoms with Crippen LogP contribution in [0, 0.1) is 5.92 Å². The predicted molar refractivity (Wildman–Crippen MR) is 126 cm³/mol. The van der Waals surface area contributed by atoms with Gasteiger partial charge in [-0.3, -0.25) is 9.67 Å². The van der Waals surface area contributed by atoms with Crippen molar-refractivity contribution in [3.8, 4) is 5.75 Å². The van der Waals surface area contributed by atoms with Gasteiger partial charge in [-0.2, -0.15) is 5.10 Å².